The lowest BCUT2D eigenvalue weighted by Gasteiger charge is -2.26. The minimum absolute atomic E-state index is 0.0599. The standard InChI is InChI=1S/C18H28N2O4/c1-4-19(5-2)17(21)8-10-20(13-15-7-6-11-24-15)18(22)16-9-12-23-14(16)3/h9,12,15H,4-8,10-11,13H2,1-3H3. The number of carbonyl (C=O) groups is 2. The number of amides is 2. The molecule has 1 aliphatic rings. The van der Waals surface area contributed by atoms with Crippen LogP contribution in [0.3, 0.4) is 0 Å². The van der Waals surface area contributed by atoms with Gasteiger partial charge in [0.1, 0.15) is 5.76 Å². The van der Waals surface area contributed by atoms with E-state index in [0.717, 1.165) is 19.4 Å². The Kier molecular flexibility index (Phi) is 6.85. The molecule has 0 radical (unpaired) electrons. The number of hydrogen-bond donors (Lipinski definition) is 0. The van der Waals surface area contributed by atoms with Crippen LogP contribution in [0.1, 0.15) is 49.2 Å². The van der Waals surface area contributed by atoms with Gasteiger partial charge in [0.05, 0.1) is 17.9 Å². The molecule has 0 N–H and O–H groups in total. The van der Waals surface area contributed by atoms with Gasteiger partial charge < -0.3 is 19.0 Å². The molecule has 1 aromatic rings. The van der Waals surface area contributed by atoms with E-state index in [-0.39, 0.29) is 17.9 Å². The lowest BCUT2D eigenvalue weighted by molar-refractivity contribution is -0.131. The number of ether oxygens (including phenoxy) is 1. The van der Waals surface area contributed by atoms with E-state index in [9.17, 15) is 9.59 Å². The van der Waals surface area contributed by atoms with Crippen LogP contribution < -0.4 is 0 Å². The second kappa shape index (κ2) is 8.87. The smallest absolute Gasteiger partial charge is 0.257 e. The molecule has 1 unspecified atom stereocenters. The molecule has 0 spiro atoms. The molecule has 0 aliphatic carbocycles. The van der Waals surface area contributed by atoms with Crippen LogP contribution in [0.4, 0.5) is 0 Å². The third-order valence-corrected chi connectivity index (χ3v) is 4.54. The van der Waals surface area contributed by atoms with Crippen molar-refractivity contribution in [1.82, 2.24) is 9.80 Å². The van der Waals surface area contributed by atoms with Crippen LogP contribution in [0, 0.1) is 6.92 Å². The Balaban J connectivity index is 2.03. The van der Waals surface area contributed by atoms with E-state index in [2.05, 4.69) is 0 Å². The largest absolute Gasteiger partial charge is 0.469 e. The molecule has 0 aromatic carbocycles. The number of furan rings is 1. The molecular weight excluding hydrogens is 308 g/mol. The van der Waals surface area contributed by atoms with Crippen molar-refractivity contribution in [2.45, 2.75) is 46.1 Å². The first-order chi connectivity index (χ1) is 11.6. The topological polar surface area (TPSA) is 63.0 Å². The molecule has 1 atom stereocenters. The molecule has 24 heavy (non-hydrogen) atoms. The highest BCUT2D eigenvalue weighted by molar-refractivity contribution is 5.95. The zero-order chi connectivity index (χ0) is 17.5. The fraction of sp³-hybridized carbons (Fsp3) is 0.667. The van der Waals surface area contributed by atoms with E-state index < -0.39 is 0 Å². The maximum Gasteiger partial charge on any atom is 0.257 e. The van der Waals surface area contributed by atoms with Crippen molar-refractivity contribution in [3.63, 3.8) is 0 Å². The van der Waals surface area contributed by atoms with Gasteiger partial charge in [-0.2, -0.15) is 0 Å². The van der Waals surface area contributed by atoms with Crippen molar-refractivity contribution in [3.8, 4) is 0 Å². The Labute approximate surface area is 143 Å². The Morgan fingerprint density at radius 3 is 2.54 bits per heavy atom. The number of aryl methyl sites for hydroxylation is 1. The third kappa shape index (κ3) is 4.60. The van der Waals surface area contributed by atoms with Gasteiger partial charge in [0, 0.05) is 39.2 Å². The highest BCUT2D eigenvalue weighted by Crippen LogP contribution is 2.17. The van der Waals surface area contributed by atoms with Crippen molar-refractivity contribution in [1.29, 1.82) is 0 Å². The Morgan fingerprint density at radius 1 is 1.25 bits per heavy atom. The van der Waals surface area contributed by atoms with E-state index in [1.54, 1.807) is 22.8 Å². The Morgan fingerprint density at radius 2 is 2.00 bits per heavy atom. The van der Waals surface area contributed by atoms with Crippen LogP contribution in [0.25, 0.3) is 0 Å². The van der Waals surface area contributed by atoms with Gasteiger partial charge in [-0.3, -0.25) is 9.59 Å². The number of nitrogens with zero attached hydrogens (tertiary/aromatic N) is 2. The highest BCUT2D eigenvalue weighted by Gasteiger charge is 2.26. The highest BCUT2D eigenvalue weighted by atomic mass is 16.5. The van der Waals surface area contributed by atoms with Gasteiger partial charge in [0.15, 0.2) is 0 Å². The molecule has 134 valence electrons. The van der Waals surface area contributed by atoms with Crippen LogP contribution >= 0.6 is 0 Å². The molecule has 0 bridgehead atoms. The first-order valence-corrected chi connectivity index (χ1v) is 8.79. The average Bonchev–Trinajstić information content (AvgIpc) is 3.23. The molecule has 2 rings (SSSR count). The van der Waals surface area contributed by atoms with Crippen LogP contribution in [0.2, 0.25) is 0 Å². The molecule has 1 aliphatic heterocycles. The monoisotopic (exact) mass is 336 g/mol. The van der Waals surface area contributed by atoms with Gasteiger partial charge in [0.25, 0.3) is 5.91 Å². The Hall–Kier alpha value is -1.82. The normalized spacial score (nSPS) is 17.0. The molecule has 6 heteroatoms. The zero-order valence-electron chi connectivity index (χ0n) is 14.9. The van der Waals surface area contributed by atoms with Crippen LogP contribution in [0.15, 0.2) is 16.7 Å². The summed E-state index contributed by atoms with van der Waals surface area (Å²) < 4.78 is 10.9. The summed E-state index contributed by atoms with van der Waals surface area (Å²) in [7, 11) is 0. The molecule has 2 amide bonds. The van der Waals surface area contributed by atoms with Gasteiger partial charge >= 0.3 is 0 Å². The Bertz CT molecular complexity index is 545. The van der Waals surface area contributed by atoms with E-state index in [1.165, 1.54) is 6.26 Å². The van der Waals surface area contributed by atoms with Gasteiger partial charge in [-0.05, 0) is 39.7 Å². The third-order valence-electron chi connectivity index (χ3n) is 4.54. The van der Waals surface area contributed by atoms with Crippen molar-refractivity contribution in [2.24, 2.45) is 0 Å². The number of rotatable bonds is 8. The summed E-state index contributed by atoms with van der Waals surface area (Å²) in [6, 6.07) is 1.69. The minimum atomic E-state index is -0.0934. The van der Waals surface area contributed by atoms with Gasteiger partial charge in [-0.1, -0.05) is 0 Å². The molecule has 1 saturated heterocycles. The van der Waals surface area contributed by atoms with Crippen molar-refractivity contribution < 1.29 is 18.7 Å². The van der Waals surface area contributed by atoms with Crippen LogP contribution in [0.5, 0.6) is 0 Å². The van der Waals surface area contributed by atoms with Crippen molar-refractivity contribution >= 4 is 11.8 Å². The average molecular weight is 336 g/mol. The lowest BCUT2D eigenvalue weighted by atomic mass is 10.1. The molecule has 2 heterocycles. The first-order valence-electron chi connectivity index (χ1n) is 8.79. The van der Waals surface area contributed by atoms with Crippen molar-refractivity contribution in [2.75, 3.05) is 32.8 Å². The van der Waals surface area contributed by atoms with Crippen molar-refractivity contribution in [3.05, 3.63) is 23.7 Å². The summed E-state index contributed by atoms with van der Waals surface area (Å²) in [5.74, 6) is 0.588. The summed E-state index contributed by atoms with van der Waals surface area (Å²) in [5, 5.41) is 0. The van der Waals surface area contributed by atoms with E-state index in [1.807, 2.05) is 13.8 Å². The van der Waals surface area contributed by atoms with Gasteiger partial charge in [0.2, 0.25) is 5.91 Å². The first kappa shape index (κ1) is 18.5. The molecule has 1 fully saturated rings. The van der Waals surface area contributed by atoms with E-state index in [0.29, 0.717) is 43.9 Å². The van der Waals surface area contributed by atoms with Crippen LogP contribution in [-0.2, 0) is 9.53 Å². The SMILES string of the molecule is CCN(CC)C(=O)CCN(CC1CCCO1)C(=O)c1ccoc1C. The fourth-order valence-corrected chi connectivity index (χ4v) is 3.05. The summed E-state index contributed by atoms with van der Waals surface area (Å²) in [5.41, 5.74) is 0.559. The van der Waals surface area contributed by atoms with Gasteiger partial charge in [-0.25, -0.2) is 0 Å². The number of carbonyl (C=O) groups excluding carboxylic acids is 2. The lowest BCUT2D eigenvalue weighted by Crippen LogP contribution is -2.40. The zero-order valence-corrected chi connectivity index (χ0v) is 14.9. The second-order valence-electron chi connectivity index (χ2n) is 6.09. The second-order valence-corrected chi connectivity index (χ2v) is 6.09. The summed E-state index contributed by atoms with van der Waals surface area (Å²) >= 11 is 0. The van der Waals surface area contributed by atoms with E-state index in [4.69, 9.17) is 9.15 Å². The van der Waals surface area contributed by atoms with Gasteiger partial charge in [-0.15, -0.1) is 0 Å². The fourth-order valence-electron chi connectivity index (χ4n) is 3.05. The summed E-state index contributed by atoms with van der Waals surface area (Å²) in [6.07, 6.45) is 3.89. The molecule has 6 nitrogen and oxygen atoms in total. The van der Waals surface area contributed by atoms with E-state index >= 15 is 0 Å². The quantitative estimate of drug-likeness (QED) is 0.731. The summed E-state index contributed by atoms with van der Waals surface area (Å²) in [6.45, 7) is 8.75. The molecule has 0 saturated carbocycles. The maximum absolute atomic E-state index is 12.8. The molecule has 1 aromatic heterocycles. The van der Waals surface area contributed by atoms with Crippen LogP contribution in [-0.4, -0.2) is 60.5 Å². The molecular formula is C18H28N2O4. The predicted octanol–water partition coefficient (Wildman–Crippen LogP) is 2.47. The number of hydrogen-bond acceptors (Lipinski definition) is 4. The maximum atomic E-state index is 12.8. The predicted molar refractivity (Wildman–Crippen MR) is 90.9 cm³/mol. The minimum Gasteiger partial charge on any atom is -0.469 e. The summed E-state index contributed by atoms with van der Waals surface area (Å²) in [4.78, 5) is 28.6.